The van der Waals surface area contributed by atoms with Gasteiger partial charge in [0.1, 0.15) is 0 Å². The van der Waals surface area contributed by atoms with Gasteiger partial charge in [0.25, 0.3) is 0 Å². The number of anilines is 1. The Morgan fingerprint density at radius 2 is 1.63 bits per heavy atom. The van der Waals surface area contributed by atoms with Crippen LogP contribution < -0.4 is 4.90 Å². The fourth-order valence-electron chi connectivity index (χ4n) is 3.15. The number of likely N-dealkylation sites (tertiary alicyclic amines) is 1. The third-order valence-corrected chi connectivity index (χ3v) is 4.22. The Kier molecular flexibility index (Phi) is 3.72. The van der Waals surface area contributed by atoms with E-state index in [1.807, 2.05) is 15.9 Å². The smallest absolute Gasteiger partial charge is 0.324 e. The number of piperidine rings is 1. The van der Waals surface area contributed by atoms with Crippen LogP contribution in [0.1, 0.15) is 37.7 Å². The number of aryl methyl sites for hydroxylation is 1. The molecule has 2 heterocycles. The van der Waals surface area contributed by atoms with Crippen molar-refractivity contribution < 1.29 is 4.79 Å². The van der Waals surface area contributed by atoms with Crippen molar-refractivity contribution >= 4 is 11.7 Å². The first-order valence-corrected chi connectivity index (χ1v) is 7.50. The van der Waals surface area contributed by atoms with E-state index >= 15 is 0 Å². The van der Waals surface area contributed by atoms with Gasteiger partial charge in [-0.05, 0) is 50.2 Å². The van der Waals surface area contributed by atoms with Crippen LogP contribution in [0.25, 0.3) is 0 Å². The van der Waals surface area contributed by atoms with E-state index in [0.29, 0.717) is 0 Å². The highest BCUT2D eigenvalue weighted by Crippen LogP contribution is 2.27. The zero-order chi connectivity index (χ0) is 13.1. The van der Waals surface area contributed by atoms with E-state index in [1.54, 1.807) is 0 Å². The van der Waals surface area contributed by atoms with E-state index in [9.17, 15) is 4.79 Å². The van der Waals surface area contributed by atoms with E-state index in [0.717, 1.165) is 51.0 Å². The van der Waals surface area contributed by atoms with Crippen molar-refractivity contribution in [2.45, 2.75) is 38.5 Å². The number of para-hydroxylation sites is 1. The van der Waals surface area contributed by atoms with Crippen molar-refractivity contribution in [3.05, 3.63) is 29.8 Å². The van der Waals surface area contributed by atoms with Crippen LogP contribution in [0, 0.1) is 0 Å². The number of nitrogens with zero attached hydrogens (tertiary/aromatic N) is 2. The van der Waals surface area contributed by atoms with Crippen LogP contribution in [0.4, 0.5) is 10.5 Å². The number of benzene rings is 1. The molecule has 0 atom stereocenters. The van der Waals surface area contributed by atoms with Gasteiger partial charge in [0.2, 0.25) is 0 Å². The first kappa shape index (κ1) is 12.5. The number of fused-ring (bicyclic) bond motifs is 1. The van der Waals surface area contributed by atoms with Crippen LogP contribution in [-0.2, 0) is 6.42 Å². The summed E-state index contributed by atoms with van der Waals surface area (Å²) in [4.78, 5) is 16.8. The molecule has 0 radical (unpaired) electrons. The molecule has 0 aromatic heterocycles. The lowest BCUT2D eigenvalue weighted by Gasteiger charge is -2.33. The van der Waals surface area contributed by atoms with Gasteiger partial charge in [-0.15, -0.1) is 0 Å². The maximum Gasteiger partial charge on any atom is 0.324 e. The molecule has 0 bridgehead atoms. The lowest BCUT2D eigenvalue weighted by atomic mass is 10.1. The first-order chi connectivity index (χ1) is 9.36. The van der Waals surface area contributed by atoms with E-state index < -0.39 is 0 Å². The van der Waals surface area contributed by atoms with Gasteiger partial charge in [-0.1, -0.05) is 18.2 Å². The summed E-state index contributed by atoms with van der Waals surface area (Å²) in [5, 5.41) is 0. The number of carbonyl (C=O) groups is 1. The molecule has 1 fully saturated rings. The van der Waals surface area contributed by atoms with Gasteiger partial charge in [0.05, 0.1) is 0 Å². The van der Waals surface area contributed by atoms with Gasteiger partial charge in [-0.2, -0.15) is 0 Å². The molecule has 0 unspecified atom stereocenters. The molecule has 3 heteroatoms. The molecule has 0 saturated carbocycles. The summed E-state index contributed by atoms with van der Waals surface area (Å²) in [5.74, 6) is 0. The van der Waals surface area contributed by atoms with Gasteiger partial charge in [0, 0.05) is 25.3 Å². The molecule has 2 aliphatic heterocycles. The summed E-state index contributed by atoms with van der Waals surface area (Å²) in [7, 11) is 0. The quantitative estimate of drug-likeness (QED) is 0.699. The summed E-state index contributed by atoms with van der Waals surface area (Å²) >= 11 is 0. The number of carbonyl (C=O) groups excluding carboxylic acids is 1. The number of hydrogen-bond acceptors (Lipinski definition) is 1. The summed E-state index contributed by atoms with van der Waals surface area (Å²) in [6, 6.07) is 8.60. The maximum absolute atomic E-state index is 12.7. The minimum absolute atomic E-state index is 0.217. The van der Waals surface area contributed by atoms with Crippen molar-refractivity contribution in [2.24, 2.45) is 0 Å². The normalized spacial score (nSPS) is 19.8. The number of rotatable bonds is 0. The number of urea groups is 1. The van der Waals surface area contributed by atoms with E-state index in [4.69, 9.17) is 0 Å². The Morgan fingerprint density at radius 3 is 2.47 bits per heavy atom. The van der Waals surface area contributed by atoms with Crippen molar-refractivity contribution in [3.8, 4) is 0 Å². The molecule has 0 aliphatic carbocycles. The topological polar surface area (TPSA) is 23.6 Å². The largest absolute Gasteiger partial charge is 0.324 e. The highest BCUT2D eigenvalue weighted by Gasteiger charge is 2.26. The van der Waals surface area contributed by atoms with Crippen molar-refractivity contribution in [2.75, 3.05) is 24.5 Å². The van der Waals surface area contributed by atoms with Gasteiger partial charge in [-0.25, -0.2) is 4.79 Å². The zero-order valence-corrected chi connectivity index (χ0v) is 11.5. The lowest BCUT2D eigenvalue weighted by Crippen LogP contribution is -2.46. The number of amides is 2. The summed E-state index contributed by atoms with van der Waals surface area (Å²) < 4.78 is 0. The third kappa shape index (κ3) is 2.60. The Balaban J connectivity index is 1.84. The highest BCUT2D eigenvalue weighted by atomic mass is 16.2. The maximum atomic E-state index is 12.7. The fraction of sp³-hybridized carbons (Fsp3) is 0.562. The molecular weight excluding hydrogens is 236 g/mol. The Morgan fingerprint density at radius 1 is 0.895 bits per heavy atom. The monoisotopic (exact) mass is 258 g/mol. The second kappa shape index (κ2) is 5.64. The Hall–Kier alpha value is -1.51. The van der Waals surface area contributed by atoms with E-state index in [2.05, 4.69) is 18.2 Å². The minimum Gasteiger partial charge on any atom is -0.324 e. The van der Waals surface area contributed by atoms with E-state index in [1.165, 1.54) is 18.4 Å². The zero-order valence-electron chi connectivity index (χ0n) is 11.5. The SMILES string of the molecule is O=C(N1CCCCC1)N1CCCCc2ccccc21. The van der Waals surface area contributed by atoms with Crippen LogP contribution >= 0.6 is 0 Å². The summed E-state index contributed by atoms with van der Waals surface area (Å²) in [5.41, 5.74) is 2.46. The second-order valence-electron chi connectivity index (χ2n) is 5.57. The molecule has 2 amide bonds. The average molecular weight is 258 g/mol. The standard InChI is InChI=1S/C16H22N2O/c19-16(17-11-5-1-6-12-17)18-13-7-4-9-14-8-2-3-10-15(14)18/h2-3,8,10H,1,4-7,9,11-13H2. The minimum atomic E-state index is 0.217. The first-order valence-electron chi connectivity index (χ1n) is 7.50. The van der Waals surface area contributed by atoms with Crippen LogP contribution in [0.5, 0.6) is 0 Å². The molecule has 3 nitrogen and oxygen atoms in total. The molecule has 19 heavy (non-hydrogen) atoms. The summed E-state index contributed by atoms with van der Waals surface area (Å²) in [6.07, 6.45) is 6.96. The van der Waals surface area contributed by atoms with Gasteiger partial charge >= 0.3 is 6.03 Å². The molecule has 3 rings (SSSR count). The Labute approximate surface area is 115 Å². The van der Waals surface area contributed by atoms with Crippen LogP contribution in [0.3, 0.4) is 0 Å². The van der Waals surface area contributed by atoms with Crippen LogP contribution in [0.2, 0.25) is 0 Å². The van der Waals surface area contributed by atoms with Crippen LogP contribution in [-0.4, -0.2) is 30.6 Å². The lowest BCUT2D eigenvalue weighted by molar-refractivity contribution is 0.193. The van der Waals surface area contributed by atoms with Gasteiger partial charge in [-0.3, -0.25) is 4.90 Å². The molecule has 1 saturated heterocycles. The molecule has 1 aromatic carbocycles. The molecule has 102 valence electrons. The highest BCUT2D eigenvalue weighted by molar-refractivity contribution is 5.93. The second-order valence-corrected chi connectivity index (χ2v) is 5.57. The molecular formula is C16H22N2O. The third-order valence-electron chi connectivity index (χ3n) is 4.22. The number of hydrogen-bond donors (Lipinski definition) is 0. The predicted molar refractivity (Wildman–Crippen MR) is 77.5 cm³/mol. The molecule has 0 spiro atoms. The van der Waals surface area contributed by atoms with Gasteiger partial charge in [0.15, 0.2) is 0 Å². The van der Waals surface area contributed by atoms with Gasteiger partial charge < -0.3 is 4.90 Å². The van der Waals surface area contributed by atoms with E-state index in [-0.39, 0.29) is 6.03 Å². The summed E-state index contributed by atoms with van der Waals surface area (Å²) in [6.45, 7) is 2.72. The van der Waals surface area contributed by atoms with Crippen LogP contribution in [0.15, 0.2) is 24.3 Å². The molecule has 1 aromatic rings. The van der Waals surface area contributed by atoms with Crippen molar-refractivity contribution in [3.63, 3.8) is 0 Å². The molecule has 2 aliphatic rings. The average Bonchev–Trinajstić information content (AvgIpc) is 2.70. The predicted octanol–water partition coefficient (Wildman–Crippen LogP) is 3.44. The Bertz CT molecular complexity index is 452. The fourth-order valence-corrected chi connectivity index (χ4v) is 3.15. The molecule has 0 N–H and O–H groups in total. The van der Waals surface area contributed by atoms with Crippen molar-refractivity contribution in [1.29, 1.82) is 0 Å². The van der Waals surface area contributed by atoms with Crippen molar-refractivity contribution in [1.82, 2.24) is 4.90 Å².